The van der Waals surface area contributed by atoms with E-state index in [2.05, 4.69) is 5.32 Å². The number of methoxy groups -OCH3 is 1. The Labute approximate surface area is 127 Å². The van der Waals surface area contributed by atoms with Crippen LogP contribution in [0, 0.1) is 5.92 Å². The molecule has 1 aliphatic rings. The van der Waals surface area contributed by atoms with Gasteiger partial charge in [0, 0.05) is 24.0 Å². The topological polar surface area (TPSA) is 91.9 Å². The fourth-order valence-electron chi connectivity index (χ4n) is 2.98. The third kappa shape index (κ3) is 2.67. The van der Waals surface area contributed by atoms with Crippen molar-refractivity contribution in [1.29, 1.82) is 0 Å². The Kier molecular flexibility index (Phi) is 4.04. The van der Waals surface area contributed by atoms with Gasteiger partial charge in [-0.1, -0.05) is 12.1 Å². The molecule has 22 heavy (non-hydrogen) atoms. The van der Waals surface area contributed by atoms with Gasteiger partial charge in [0.25, 0.3) is 5.91 Å². The average molecular weight is 305 g/mol. The Morgan fingerprint density at radius 2 is 2.27 bits per heavy atom. The normalized spacial score (nSPS) is 24.6. The second kappa shape index (κ2) is 5.98. The van der Waals surface area contributed by atoms with Crippen LogP contribution in [0.15, 0.2) is 28.7 Å². The van der Waals surface area contributed by atoms with Crippen molar-refractivity contribution < 1.29 is 24.2 Å². The van der Waals surface area contributed by atoms with Gasteiger partial charge >= 0.3 is 0 Å². The van der Waals surface area contributed by atoms with Gasteiger partial charge in [0.05, 0.1) is 13.2 Å². The molecule has 0 spiro atoms. The Bertz CT molecular complexity index is 680. The van der Waals surface area contributed by atoms with Gasteiger partial charge in [-0.2, -0.15) is 0 Å². The molecule has 6 nitrogen and oxygen atoms in total. The number of nitrogens with one attached hydrogen (secondary N) is 1. The van der Waals surface area contributed by atoms with Crippen LogP contribution in [0.25, 0.3) is 11.0 Å². The minimum absolute atomic E-state index is 0.0740. The van der Waals surface area contributed by atoms with Gasteiger partial charge in [0.2, 0.25) is 0 Å². The lowest BCUT2D eigenvalue weighted by Gasteiger charge is -2.10. The van der Waals surface area contributed by atoms with Gasteiger partial charge in [0.1, 0.15) is 0 Å². The van der Waals surface area contributed by atoms with Crippen molar-refractivity contribution >= 4 is 16.9 Å². The molecule has 1 aromatic carbocycles. The number of benzene rings is 1. The van der Waals surface area contributed by atoms with Crippen LogP contribution in [-0.2, 0) is 0 Å². The maximum atomic E-state index is 12.3. The van der Waals surface area contributed by atoms with Crippen LogP contribution in [0.5, 0.6) is 5.75 Å². The average Bonchev–Trinajstić information content (AvgIpc) is 3.09. The quantitative estimate of drug-likeness (QED) is 0.792. The number of ether oxygens (including phenoxy) is 1. The van der Waals surface area contributed by atoms with Crippen LogP contribution in [0.2, 0.25) is 0 Å². The zero-order valence-corrected chi connectivity index (χ0v) is 12.3. The third-order valence-electron chi connectivity index (χ3n) is 4.18. The van der Waals surface area contributed by atoms with Crippen molar-refractivity contribution in [2.75, 3.05) is 13.7 Å². The number of aliphatic hydroxyl groups excluding tert-OH is 2. The van der Waals surface area contributed by atoms with Gasteiger partial charge in [0.15, 0.2) is 17.1 Å². The molecule has 3 unspecified atom stereocenters. The minimum atomic E-state index is -0.578. The van der Waals surface area contributed by atoms with Crippen LogP contribution in [0.1, 0.15) is 23.4 Å². The summed E-state index contributed by atoms with van der Waals surface area (Å²) in [6, 6.07) is 6.96. The molecule has 0 bridgehead atoms. The summed E-state index contributed by atoms with van der Waals surface area (Å²) < 4.78 is 10.8. The Morgan fingerprint density at radius 3 is 2.95 bits per heavy atom. The highest BCUT2D eigenvalue weighted by molar-refractivity contribution is 5.97. The lowest BCUT2D eigenvalue weighted by molar-refractivity contribution is 0.0896. The number of amides is 1. The number of aliphatic hydroxyl groups is 2. The van der Waals surface area contributed by atoms with E-state index in [0.29, 0.717) is 24.2 Å². The summed E-state index contributed by atoms with van der Waals surface area (Å²) in [7, 11) is 1.55. The molecule has 118 valence electrons. The number of hydrogen-bond acceptors (Lipinski definition) is 5. The molecular formula is C16H19NO5. The number of para-hydroxylation sites is 1. The molecule has 0 radical (unpaired) electrons. The van der Waals surface area contributed by atoms with Gasteiger partial charge in [-0.3, -0.25) is 4.79 Å². The zero-order chi connectivity index (χ0) is 15.7. The second-order valence-electron chi connectivity index (χ2n) is 5.64. The summed E-state index contributed by atoms with van der Waals surface area (Å²) in [5, 5.41) is 22.6. The number of furan rings is 1. The van der Waals surface area contributed by atoms with E-state index in [1.807, 2.05) is 12.1 Å². The monoisotopic (exact) mass is 305 g/mol. The SMILES string of the molecule is COc1cccc2cc(C(=O)NC3CC(O)C(CO)C3)oc12. The first-order chi connectivity index (χ1) is 10.6. The van der Waals surface area contributed by atoms with Gasteiger partial charge in [-0.25, -0.2) is 0 Å². The molecule has 1 saturated carbocycles. The predicted molar refractivity (Wildman–Crippen MR) is 79.8 cm³/mol. The third-order valence-corrected chi connectivity index (χ3v) is 4.18. The van der Waals surface area contributed by atoms with E-state index in [0.717, 1.165) is 5.39 Å². The first kappa shape index (κ1) is 14.9. The fraction of sp³-hybridized carbons (Fsp3) is 0.438. The van der Waals surface area contributed by atoms with Gasteiger partial charge in [-0.05, 0) is 25.0 Å². The van der Waals surface area contributed by atoms with Crippen LogP contribution >= 0.6 is 0 Å². The molecule has 1 amide bonds. The number of carbonyl (C=O) groups is 1. The lowest BCUT2D eigenvalue weighted by Crippen LogP contribution is -2.33. The van der Waals surface area contributed by atoms with Crippen molar-refractivity contribution in [2.45, 2.75) is 25.0 Å². The Morgan fingerprint density at radius 1 is 1.45 bits per heavy atom. The molecule has 0 aliphatic heterocycles. The smallest absolute Gasteiger partial charge is 0.287 e. The second-order valence-corrected chi connectivity index (χ2v) is 5.64. The molecule has 2 aromatic rings. The first-order valence-electron chi connectivity index (χ1n) is 7.28. The van der Waals surface area contributed by atoms with Gasteiger partial charge in [-0.15, -0.1) is 0 Å². The van der Waals surface area contributed by atoms with Crippen LogP contribution in [0.3, 0.4) is 0 Å². The van der Waals surface area contributed by atoms with Crippen molar-refractivity contribution in [3.63, 3.8) is 0 Å². The summed E-state index contributed by atoms with van der Waals surface area (Å²) in [5.74, 6) is 0.282. The van der Waals surface area contributed by atoms with E-state index in [1.165, 1.54) is 0 Å². The molecule has 6 heteroatoms. The predicted octanol–water partition coefficient (Wildman–Crippen LogP) is 1.30. The number of fused-ring (bicyclic) bond motifs is 1. The molecule has 1 aromatic heterocycles. The highest BCUT2D eigenvalue weighted by Gasteiger charge is 2.33. The summed E-state index contributed by atoms with van der Waals surface area (Å²) in [6.45, 7) is -0.0740. The minimum Gasteiger partial charge on any atom is -0.493 e. The van der Waals surface area contributed by atoms with Crippen molar-refractivity contribution in [1.82, 2.24) is 5.32 Å². The van der Waals surface area contributed by atoms with Crippen molar-refractivity contribution in [2.24, 2.45) is 5.92 Å². The van der Waals surface area contributed by atoms with E-state index in [1.54, 1.807) is 19.2 Å². The van der Waals surface area contributed by atoms with E-state index in [4.69, 9.17) is 14.3 Å². The summed E-state index contributed by atoms with van der Waals surface area (Å²) in [5.41, 5.74) is 0.537. The summed E-state index contributed by atoms with van der Waals surface area (Å²) in [4.78, 5) is 12.3. The maximum absolute atomic E-state index is 12.3. The molecule has 3 atom stereocenters. The molecule has 1 heterocycles. The molecule has 1 fully saturated rings. The van der Waals surface area contributed by atoms with Crippen LogP contribution < -0.4 is 10.1 Å². The number of carbonyl (C=O) groups excluding carboxylic acids is 1. The van der Waals surface area contributed by atoms with Crippen LogP contribution in [-0.4, -0.2) is 42.0 Å². The highest BCUT2D eigenvalue weighted by atomic mass is 16.5. The number of hydrogen-bond donors (Lipinski definition) is 3. The van der Waals surface area contributed by atoms with Gasteiger partial charge < -0.3 is 24.7 Å². The fourth-order valence-corrected chi connectivity index (χ4v) is 2.98. The molecule has 3 N–H and O–H groups in total. The number of rotatable bonds is 4. The summed E-state index contributed by atoms with van der Waals surface area (Å²) >= 11 is 0. The van der Waals surface area contributed by atoms with E-state index >= 15 is 0 Å². The maximum Gasteiger partial charge on any atom is 0.287 e. The largest absolute Gasteiger partial charge is 0.493 e. The molecular weight excluding hydrogens is 286 g/mol. The van der Waals surface area contributed by atoms with E-state index < -0.39 is 6.10 Å². The highest BCUT2D eigenvalue weighted by Crippen LogP contribution is 2.29. The Hall–Kier alpha value is -2.05. The zero-order valence-electron chi connectivity index (χ0n) is 12.3. The summed E-state index contributed by atoms with van der Waals surface area (Å²) in [6.07, 6.45) is 0.430. The Balaban J connectivity index is 1.76. The molecule has 1 aliphatic carbocycles. The first-order valence-corrected chi connectivity index (χ1v) is 7.28. The van der Waals surface area contributed by atoms with E-state index in [-0.39, 0.29) is 30.2 Å². The van der Waals surface area contributed by atoms with Crippen LogP contribution in [0.4, 0.5) is 0 Å². The van der Waals surface area contributed by atoms with E-state index in [9.17, 15) is 9.90 Å². The van der Waals surface area contributed by atoms with Crippen molar-refractivity contribution in [3.8, 4) is 5.75 Å². The molecule has 0 saturated heterocycles. The molecule has 3 rings (SSSR count). The standard InChI is InChI=1S/C16H19NO5/c1-21-13-4-2-3-9-6-14(22-15(9)13)16(20)17-11-5-10(8-18)12(19)7-11/h2-4,6,10-12,18-19H,5,7-8H2,1H3,(H,17,20). The lowest BCUT2D eigenvalue weighted by atomic mass is 10.1. The van der Waals surface area contributed by atoms with Crippen molar-refractivity contribution in [3.05, 3.63) is 30.0 Å².